The molecule has 0 aliphatic rings. The van der Waals surface area contributed by atoms with E-state index < -0.39 is 6.04 Å². The minimum atomic E-state index is -0.794. The van der Waals surface area contributed by atoms with E-state index in [2.05, 4.69) is 5.32 Å². The lowest BCUT2D eigenvalue weighted by Crippen LogP contribution is -2.52. The number of hydrogen-bond acceptors (Lipinski definition) is 3. The molecular formula is C29H32Cl2N2O3. The predicted octanol–water partition coefficient (Wildman–Crippen LogP) is 6.15. The van der Waals surface area contributed by atoms with Crippen molar-refractivity contribution in [3.63, 3.8) is 0 Å². The number of nitrogens with one attached hydrogen (secondary N) is 1. The van der Waals surface area contributed by atoms with Crippen LogP contribution in [0.1, 0.15) is 36.1 Å². The van der Waals surface area contributed by atoms with Crippen molar-refractivity contribution in [1.29, 1.82) is 0 Å². The molecule has 3 aromatic rings. The highest BCUT2D eigenvalue weighted by Gasteiger charge is 2.32. The van der Waals surface area contributed by atoms with Crippen LogP contribution in [-0.4, -0.2) is 35.4 Å². The second-order valence-electron chi connectivity index (χ2n) is 9.13. The Labute approximate surface area is 223 Å². The number of benzene rings is 3. The zero-order valence-corrected chi connectivity index (χ0v) is 22.6. The van der Waals surface area contributed by atoms with Crippen LogP contribution in [0.5, 0.6) is 5.75 Å². The summed E-state index contributed by atoms with van der Waals surface area (Å²) in [6, 6.07) is 19.6. The molecule has 0 aliphatic carbocycles. The van der Waals surface area contributed by atoms with Crippen LogP contribution in [0.4, 0.5) is 0 Å². The fraction of sp³-hybridized carbons (Fsp3) is 0.310. The molecule has 2 amide bonds. The van der Waals surface area contributed by atoms with Gasteiger partial charge in [-0.3, -0.25) is 9.59 Å². The van der Waals surface area contributed by atoms with Crippen LogP contribution >= 0.6 is 23.2 Å². The molecule has 3 aromatic carbocycles. The van der Waals surface area contributed by atoms with E-state index in [1.807, 2.05) is 76.2 Å². The highest BCUT2D eigenvalue weighted by Crippen LogP contribution is 2.27. The van der Waals surface area contributed by atoms with E-state index in [9.17, 15) is 9.59 Å². The number of rotatable bonds is 10. The van der Waals surface area contributed by atoms with Gasteiger partial charge in [0.2, 0.25) is 5.91 Å². The molecule has 0 aromatic heterocycles. The van der Waals surface area contributed by atoms with Crippen LogP contribution in [0.3, 0.4) is 0 Å². The number of aryl methyl sites for hydroxylation is 2. The molecule has 190 valence electrons. The van der Waals surface area contributed by atoms with Crippen LogP contribution in [0.25, 0.3) is 0 Å². The third kappa shape index (κ3) is 7.49. The fourth-order valence-corrected chi connectivity index (χ4v) is 4.34. The summed E-state index contributed by atoms with van der Waals surface area (Å²) >= 11 is 12.9. The lowest BCUT2D eigenvalue weighted by atomic mass is 10.0. The molecule has 0 aliphatic heterocycles. The molecule has 0 fully saturated rings. The van der Waals surface area contributed by atoms with Crippen molar-refractivity contribution >= 4 is 35.0 Å². The summed E-state index contributed by atoms with van der Waals surface area (Å²) in [7, 11) is 0. The number of carbonyl (C=O) groups excluding carboxylic acids is 2. The molecule has 36 heavy (non-hydrogen) atoms. The first-order chi connectivity index (χ1) is 17.2. The van der Waals surface area contributed by atoms with Gasteiger partial charge in [-0.15, -0.1) is 0 Å². The lowest BCUT2D eigenvalue weighted by Gasteiger charge is -2.32. The highest BCUT2D eigenvalue weighted by atomic mass is 35.5. The van der Waals surface area contributed by atoms with Gasteiger partial charge in [0.05, 0.1) is 0 Å². The van der Waals surface area contributed by atoms with Gasteiger partial charge in [-0.2, -0.15) is 0 Å². The molecule has 0 saturated carbocycles. The van der Waals surface area contributed by atoms with Gasteiger partial charge in [-0.1, -0.05) is 65.7 Å². The molecule has 3 rings (SSSR count). The molecule has 7 heteroatoms. The molecule has 1 unspecified atom stereocenters. The number of halogens is 2. The van der Waals surface area contributed by atoms with Gasteiger partial charge in [0, 0.05) is 34.6 Å². The Morgan fingerprint density at radius 3 is 2.19 bits per heavy atom. The van der Waals surface area contributed by atoms with E-state index in [0.717, 1.165) is 16.7 Å². The van der Waals surface area contributed by atoms with Crippen LogP contribution in [-0.2, 0) is 22.6 Å². The maximum atomic E-state index is 13.7. The lowest BCUT2D eigenvalue weighted by molar-refractivity contribution is -0.143. The average Bonchev–Trinajstić information content (AvgIpc) is 2.83. The van der Waals surface area contributed by atoms with E-state index in [4.69, 9.17) is 27.9 Å². The molecule has 1 N–H and O–H groups in total. The normalized spacial score (nSPS) is 11.8. The van der Waals surface area contributed by atoms with Gasteiger partial charge in [0.25, 0.3) is 5.91 Å². The third-order valence-electron chi connectivity index (χ3n) is 5.93. The fourth-order valence-electron chi connectivity index (χ4n) is 3.82. The average molecular weight is 527 g/mol. The van der Waals surface area contributed by atoms with Crippen molar-refractivity contribution in [3.05, 3.63) is 99.0 Å². The van der Waals surface area contributed by atoms with E-state index >= 15 is 0 Å². The Morgan fingerprint density at radius 2 is 1.58 bits per heavy atom. The van der Waals surface area contributed by atoms with Crippen molar-refractivity contribution in [1.82, 2.24) is 10.2 Å². The highest BCUT2D eigenvalue weighted by molar-refractivity contribution is 6.36. The minimum Gasteiger partial charge on any atom is -0.484 e. The van der Waals surface area contributed by atoms with Gasteiger partial charge in [-0.25, -0.2) is 0 Å². The second kappa shape index (κ2) is 12.8. The summed E-state index contributed by atoms with van der Waals surface area (Å²) in [6.45, 7) is 7.61. The van der Waals surface area contributed by atoms with Gasteiger partial charge in [-0.05, 0) is 68.7 Å². The SMILES string of the molecule is Cc1ccc(OCC(=O)N(Cc2c(Cl)cccc2Cl)C(Cc2ccccc2)C(=O)NC(C)C)cc1C. The largest absolute Gasteiger partial charge is 0.484 e. The van der Waals surface area contributed by atoms with Crippen LogP contribution in [0.15, 0.2) is 66.7 Å². The Balaban J connectivity index is 1.96. The number of nitrogens with zero attached hydrogens (tertiary/aromatic N) is 1. The number of carbonyl (C=O) groups is 2. The summed E-state index contributed by atoms with van der Waals surface area (Å²) in [5.74, 6) is -0.00553. The molecule has 5 nitrogen and oxygen atoms in total. The van der Waals surface area contributed by atoms with E-state index in [1.54, 1.807) is 18.2 Å². The first-order valence-corrected chi connectivity index (χ1v) is 12.7. The van der Waals surface area contributed by atoms with E-state index in [0.29, 0.717) is 27.8 Å². The third-order valence-corrected chi connectivity index (χ3v) is 6.64. The molecule has 1 atom stereocenters. The molecular weight excluding hydrogens is 495 g/mol. The summed E-state index contributed by atoms with van der Waals surface area (Å²) in [5, 5.41) is 3.82. The van der Waals surface area contributed by atoms with Crippen molar-refractivity contribution < 1.29 is 14.3 Å². The second-order valence-corrected chi connectivity index (χ2v) is 9.94. The summed E-state index contributed by atoms with van der Waals surface area (Å²) in [5.41, 5.74) is 3.71. The minimum absolute atomic E-state index is 0.0661. The summed E-state index contributed by atoms with van der Waals surface area (Å²) < 4.78 is 5.86. The predicted molar refractivity (Wildman–Crippen MR) is 146 cm³/mol. The zero-order valence-electron chi connectivity index (χ0n) is 21.1. The van der Waals surface area contributed by atoms with Gasteiger partial charge in [0.15, 0.2) is 6.61 Å². The van der Waals surface area contributed by atoms with Crippen molar-refractivity contribution in [2.45, 2.75) is 52.7 Å². The first kappa shape index (κ1) is 27.6. The van der Waals surface area contributed by atoms with E-state index in [-0.39, 0.29) is 31.0 Å². The smallest absolute Gasteiger partial charge is 0.261 e. The van der Waals surface area contributed by atoms with Crippen LogP contribution in [0.2, 0.25) is 10.0 Å². The van der Waals surface area contributed by atoms with Gasteiger partial charge >= 0.3 is 0 Å². The topological polar surface area (TPSA) is 58.6 Å². The number of amides is 2. The maximum Gasteiger partial charge on any atom is 0.261 e. The Kier molecular flexibility index (Phi) is 9.80. The van der Waals surface area contributed by atoms with Gasteiger partial charge < -0.3 is 15.0 Å². The Bertz CT molecular complexity index is 1180. The van der Waals surface area contributed by atoms with Crippen LogP contribution < -0.4 is 10.1 Å². The first-order valence-electron chi connectivity index (χ1n) is 11.9. The summed E-state index contributed by atoms with van der Waals surface area (Å²) in [6.07, 6.45) is 0.330. The quantitative estimate of drug-likeness (QED) is 0.344. The standard InChI is InChI=1S/C29H32Cl2N2O3/c1-19(2)32-29(35)27(16-22-9-6-5-7-10-22)33(17-24-25(30)11-8-12-26(24)31)28(34)18-36-23-14-13-20(3)21(4)15-23/h5-15,19,27H,16-18H2,1-4H3,(H,32,35). The molecule has 0 spiro atoms. The monoisotopic (exact) mass is 526 g/mol. The maximum absolute atomic E-state index is 13.7. The summed E-state index contributed by atoms with van der Waals surface area (Å²) in [4.78, 5) is 28.6. The Morgan fingerprint density at radius 1 is 0.917 bits per heavy atom. The van der Waals surface area contributed by atoms with Crippen molar-refractivity contribution in [2.24, 2.45) is 0 Å². The van der Waals surface area contributed by atoms with E-state index in [1.165, 1.54) is 4.90 Å². The van der Waals surface area contributed by atoms with Crippen molar-refractivity contribution in [2.75, 3.05) is 6.61 Å². The zero-order chi connectivity index (χ0) is 26.2. The molecule has 0 heterocycles. The van der Waals surface area contributed by atoms with Gasteiger partial charge in [0.1, 0.15) is 11.8 Å². The molecule has 0 saturated heterocycles. The van der Waals surface area contributed by atoms with Crippen molar-refractivity contribution in [3.8, 4) is 5.75 Å². The molecule has 0 radical (unpaired) electrons. The molecule has 0 bridgehead atoms. The Hall–Kier alpha value is -3.02. The number of hydrogen-bond donors (Lipinski definition) is 1. The number of ether oxygens (including phenoxy) is 1. The van der Waals surface area contributed by atoms with Crippen LogP contribution in [0, 0.1) is 13.8 Å².